The van der Waals surface area contributed by atoms with Crippen LogP contribution < -0.4 is 10.1 Å². The monoisotopic (exact) mass is 177 g/mol. The summed E-state index contributed by atoms with van der Waals surface area (Å²) in [6, 6.07) is 6.36. The fourth-order valence-electron chi connectivity index (χ4n) is 1.78. The lowest BCUT2D eigenvalue weighted by atomic mass is 9.91. The number of ether oxygens (including phenoxy) is 1. The van der Waals surface area contributed by atoms with E-state index in [0.717, 1.165) is 18.8 Å². The van der Waals surface area contributed by atoms with Crippen molar-refractivity contribution in [2.45, 2.75) is 12.8 Å². The lowest BCUT2D eigenvalue weighted by molar-refractivity contribution is 0.383. The predicted molar refractivity (Wildman–Crippen MR) is 53.3 cm³/mol. The molecule has 0 amide bonds. The Morgan fingerprint density at radius 2 is 2.15 bits per heavy atom. The Morgan fingerprint density at radius 3 is 2.69 bits per heavy atom. The number of benzene rings is 1. The molecule has 1 saturated heterocycles. The summed E-state index contributed by atoms with van der Waals surface area (Å²) in [4.78, 5) is 0. The molecule has 2 rings (SSSR count). The van der Waals surface area contributed by atoms with Crippen LogP contribution in [-0.4, -0.2) is 20.2 Å². The second kappa shape index (κ2) is 3.38. The van der Waals surface area contributed by atoms with E-state index in [1.54, 1.807) is 7.11 Å². The zero-order valence-electron chi connectivity index (χ0n) is 8.13. The molecule has 13 heavy (non-hydrogen) atoms. The number of hydrogen-bond acceptors (Lipinski definition) is 2. The molecule has 1 fully saturated rings. The topological polar surface area (TPSA) is 21.3 Å². The van der Waals surface area contributed by atoms with Crippen molar-refractivity contribution >= 4 is 0 Å². The van der Waals surface area contributed by atoms with Crippen molar-refractivity contribution in [3.63, 3.8) is 0 Å². The average molecular weight is 177 g/mol. The van der Waals surface area contributed by atoms with E-state index in [2.05, 4.69) is 30.4 Å². The summed E-state index contributed by atoms with van der Waals surface area (Å²) in [6.45, 7) is 4.26. The SMILES string of the molecule is COc1c(C)cccc1C1CNC1. The van der Waals surface area contributed by atoms with Crippen molar-refractivity contribution < 1.29 is 4.74 Å². The van der Waals surface area contributed by atoms with E-state index in [-0.39, 0.29) is 0 Å². The molecule has 1 heterocycles. The number of para-hydroxylation sites is 1. The molecule has 0 saturated carbocycles. The van der Waals surface area contributed by atoms with Crippen LogP contribution in [0.25, 0.3) is 0 Å². The summed E-state index contributed by atoms with van der Waals surface area (Å²) in [5, 5.41) is 3.27. The van der Waals surface area contributed by atoms with Gasteiger partial charge in [-0.05, 0) is 12.5 Å². The fourth-order valence-corrected chi connectivity index (χ4v) is 1.78. The molecular formula is C11H15NO. The Balaban J connectivity index is 2.37. The average Bonchev–Trinajstić information content (AvgIpc) is 2.01. The predicted octanol–water partition coefficient (Wildman–Crippen LogP) is 1.69. The third kappa shape index (κ3) is 1.42. The van der Waals surface area contributed by atoms with E-state index in [1.807, 2.05) is 0 Å². The van der Waals surface area contributed by atoms with Crippen LogP contribution in [0.2, 0.25) is 0 Å². The molecule has 1 aliphatic heterocycles. The first-order chi connectivity index (χ1) is 6.33. The van der Waals surface area contributed by atoms with Gasteiger partial charge < -0.3 is 10.1 Å². The van der Waals surface area contributed by atoms with E-state index < -0.39 is 0 Å². The van der Waals surface area contributed by atoms with Gasteiger partial charge in [0, 0.05) is 24.6 Å². The van der Waals surface area contributed by atoms with Gasteiger partial charge in [0.05, 0.1) is 7.11 Å². The first-order valence-corrected chi connectivity index (χ1v) is 4.67. The highest BCUT2D eigenvalue weighted by Crippen LogP contribution is 2.31. The normalized spacial score (nSPS) is 16.8. The first-order valence-electron chi connectivity index (χ1n) is 4.67. The molecule has 0 aromatic heterocycles. The standard InChI is InChI=1S/C11H15NO/c1-8-4-3-5-10(11(8)13-2)9-6-12-7-9/h3-5,9,12H,6-7H2,1-2H3. The highest BCUT2D eigenvalue weighted by Gasteiger charge is 2.22. The van der Waals surface area contributed by atoms with Crippen LogP contribution >= 0.6 is 0 Å². The molecule has 0 atom stereocenters. The van der Waals surface area contributed by atoms with E-state index >= 15 is 0 Å². The Morgan fingerprint density at radius 1 is 1.38 bits per heavy atom. The maximum Gasteiger partial charge on any atom is 0.125 e. The highest BCUT2D eigenvalue weighted by atomic mass is 16.5. The fraction of sp³-hybridized carbons (Fsp3) is 0.455. The van der Waals surface area contributed by atoms with E-state index in [4.69, 9.17) is 4.74 Å². The lowest BCUT2D eigenvalue weighted by Gasteiger charge is -2.29. The number of aryl methyl sites for hydroxylation is 1. The van der Waals surface area contributed by atoms with Crippen LogP contribution in [-0.2, 0) is 0 Å². The number of nitrogens with one attached hydrogen (secondary N) is 1. The second-order valence-corrected chi connectivity index (χ2v) is 3.55. The van der Waals surface area contributed by atoms with Crippen molar-refractivity contribution in [3.05, 3.63) is 29.3 Å². The molecule has 1 aliphatic rings. The first kappa shape index (κ1) is 8.57. The van der Waals surface area contributed by atoms with Gasteiger partial charge in [0.2, 0.25) is 0 Å². The Labute approximate surface area is 78.9 Å². The largest absolute Gasteiger partial charge is 0.496 e. The van der Waals surface area contributed by atoms with Crippen LogP contribution in [0.4, 0.5) is 0 Å². The van der Waals surface area contributed by atoms with Crippen molar-refractivity contribution in [2.75, 3.05) is 20.2 Å². The third-order valence-electron chi connectivity index (χ3n) is 2.67. The number of hydrogen-bond donors (Lipinski definition) is 1. The van der Waals surface area contributed by atoms with Crippen LogP contribution in [0.15, 0.2) is 18.2 Å². The van der Waals surface area contributed by atoms with Gasteiger partial charge in [0.15, 0.2) is 0 Å². The van der Waals surface area contributed by atoms with Gasteiger partial charge in [-0.3, -0.25) is 0 Å². The smallest absolute Gasteiger partial charge is 0.125 e. The van der Waals surface area contributed by atoms with E-state index in [1.165, 1.54) is 11.1 Å². The second-order valence-electron chi connectivity index (χ2n) is 3.55. The molecule has 1 aromatic carbocycles. The zero-order valence-corrected chi connectivity index (χ0v) is 8.13. The Bertz CT molecular complexity index is 305. The zero-order chi connectivity index (χ0) is 9.26. The molecule has 0 aliphatic carbocycles. The molecule has 1 N–H and O–H groups in total. The summed E-state index contributed by atoms with van der Waals surface area (Å²) in [7, 11) is 1.75. The van der Waals surface area contributed by atoms with Gasteiger partial charge in [-0.2, -0.15) is 0 Å². The van der Waals surface area contributed by atoms with Gasteiger partial charge in [-0.25, -0.2) is 0 Å². The molecule has 2 heteroatoms. The molecule has 2 nitrogen and oxygen atoms in total. The Hall–Kier alpha value is -1.02. The van der Waals surface area contributed by atoms with E-state index in [0.29, 0.717) is 5.92 Å². The van der Waals surface area contributed by atoms with Crippen molar-refractivity contribution in [1.29, 1.82) is 0 Å². The van der Waals surface area contributed by atoms with Gasteiger partial charge >= 0.3 is 0 Å². The van der Waals surface area contributed by atoms with Crippen molar-refractivity contribution in [2.24, 2.45) is 0 Å². The Kier molecular flexibility index (Phi) is 2.23. The molecule has 0 unspecified atom stereocenters. The number of methoxy groups -OCH3 is 1. The van der Waals surface area contributed by atoms with Crippen LogP contribution in [0, 0.1) is 6.92 Å². The van der Waals surface area contributed by atoms with E-state index in [9.17, 15) is 0 Å². The summed E-state index contributed by atoms with van der Waals surface area (Å²) in [5.41, 5.74) is 2.58. The summed E-state index contributed by atoms with van der Waals surface area (Å²) >= 11 is 0. The van der Waals surface area contributed by atoms with Crippen LogP contribution in [0.3, 0.4) is 0 Å². The maximum absolute atomic E-state index is 5.41. The molecular weight excluding hydrogens is 162 g/mol. The summed E-state index contributed by atoms with van der Waals surface area (Å²) in [5.74, 6) is 1.71. The van der Waals surface area contributed by atoms with Gasteiger partial charge in [-0.1, -0.05) is 18.2 Å². The van der Waals surface area contributed by atoms with Crippen molar-refractivity contribution in [1.82, 2.24) is 5.32 Å². The minimum absolute atomic E-state index is 0.648. The highest BCUT2D eigenvalue weighted by molar-refractivity contribution is 5.43. The lowest BCUT2D eigenvalue weighted by Crippen LogP contribution is -2.40. The van der Waals surface area contributed by atoms with Crippen LogP contribution in [0.1, 0.15) is 17.0 Å². The quantitative estimate of drug-likeness (QED) is 0.742. The molecule has 70 valence electrons. The minimum atomic E-state index is 0.648. The molecule has 0 spiro atoms. The van der Waals surface area contributed by atoms with Crippen molar-refractivity contribution in [3.8, 4) is 5.75 Å². The molecule has 0 bridgehead atoms. The number of rotatable bonds is 2. The van der Waals surface area contributed by atoms with Gasteiger partial charge in [0.1, 0.15) is 5.75 Å². The molecule has 1 aromatic rings. The third-order valence-corrected chi connectivity index (χ3v) is 2.67. The minimum Gasteiger partial charge on any atom is -0.496 e. The van der Waals surface area contributed by atoms with Gasteiger partial charge in [0.25, 0.3) is 0 Å². The van der Waals surface area contributed by atoms with Gasteiger partial charge in [-0.15, -0.1) is 0 Å². The van der Waals surface area contributed by atoms with Crippen LogP contribution in [0.5, 0.6) is 5.75 Å². The maximum atomic E-state index is 5.41. The molecule has 0 radical (unpaired) electrons. The summed E-state index contributed by atoms with van der Waals surface area (Å²) in [6.07, 6.45) is 0. The summed E-state index contributed by atoms with van der Waals surface area (Å²) < 4.78 is 5.41.